The lowest BCUT2D eigenvalue weighted by Gasteiger charge is -2.37. The number of ketones is 1. The molecule has 0 bridgehead atoms. The topological polar surface area (TPSA) is 58.6 Å². The van der Waals surface area contributed by atoms with Gasteiger partial charge in [0.25, 0.3) is 5.91 Å². The third-order valence-electron chi connectivity index (χ3n) is 7.44. The quantitative estimate of drug-likeness (QED) is 0.319. The van der Waals surface area contributed by atoms with Crippen LogP contribution in [-0.2, 0) is 4.79 Å². The fourth-order valence-electron chi connectivity index (χ4n) is 5.58. The highest BCUT2D eigenvalue weighted by molar-refractivity contribution is 6.12. The normalized spacial score (nSPS) is 18.1. The van der Waals surface area contributed by atoms with Crippen LogP contribution in [0.1, 0.15) is 74.8 Å². The van der Waals surface area contributed by atoms with Crippen molar-refractivity contribution in [2.75, 3.05) is 16.8 Å². The number of allylic oxidation sites excluding steroid dienone is 1. The number of benzene rings is 3. The molecule has 0 radical (unpaired) electrons. The molecule has 3 aromatic carbocycles. The van der Waals surface area contributed by atoms with Crippen LogP contribution < -0.4 is 15.0 Å². The number of para-hydroxylation sites is 2. The van der Waals surface area contributed by atoms with E-state index in [1.165, 1.54) is 12.1 Å². The summed E-state index contributed by atoms with van der Waals surface area (Å²) in [6.07, 6.45) is 4.22. The lowest BCUT2D eigenvalue weighted by atomic mass is 9.73. The summed E-state index contributed by atoms with van der Waals surface area (Å²) < 4.78 is 20.9. The number of carbonyl (C=O) groups excluding carboxylic acids is 2. The molecule has 2 aliphatic rings. The van der Waals surface area contributed by atoms with Crippen molar-refractivity contribution in [3.05, 3.63) is 101 Å². The molecule has 5 nitrogen and oxygen atoms in total. The molecule has 39 heavy (non-hydrogen) atoms. The lowest BCUT2D eigenvalue weighted by molar-refractivity contribution is -0.118. The number of unbranched alkanes of at least 4 members (excludes halogenated alkanes) is 2. The minimum Gasteiger partial charge on any atom is -0.494 e. The molecule has 0 saturated carbocycles. The average Bonchev–Trinajstić information content (AvgIpc) is 3.05. The van der Waals surface area contributed by atoms with Crippen molar-refractivity contribution in [1.82, 2.24) is 0 Å². The number of fused-ring (bicyclic) bond motifs is 1. The highest BCUT2D eigenvalue weighted by Crippen LogP contribution is 2.48. The Hall–Kier alpha value is -3.93. The summed E-state index contributed by atoms with van der Waals surface area (Å²) in [5, 5.41) is 3.50. The number of Topliss-reactive ketones (excluding diaryl/α,β-unsaturated/α-hetero) is 1. The van der Waals surface area contributed by atoms with Crippen molar-refractivity contribution < 1.29 is 18.7 Å². The minimum absolute atomic E-state index is 0.0159. The van der Waals surface area contributed by atoms with Crippen molar-refractivity contribution in [3.8, 4) is 5.75 Å². The van der Waals surface area contributed by atoms with E-state index in [1.807, 2.05) is 48.5 Å². The zero-order chi connectivity index (χ0) is 27.6. The van der Waals surface area contributed by atoms with E-state index < -0.39 is 17.8 Å². The van der Waals surface area contributed by atoms with Gasteiger partial charge in [0, 0.05) is 17.7 Å². The number of ether oxygens (including phenoxy) is 1. The van der Waals surface area contributed by atoms with Gasteiger partial charge in [0.1, 0.15) is 11.6 Å². The molecule has 0 saturated heterocycles. The Labute approximate surface area is 229 Å². The number of hydrogen-bond acceptors (Lipinski definition) is 4. The van der Waals surface area contributed by atoms with Crippen LogP contribution in [0.4, 0.5) is 15.8 Å². The first-order valence-electron chi connectivity index (χ1n) is 13.7. The van der Waals surface area contributed by atoms with Crippen molar-refractivity contribution in [3.63, 3.8) is 0 Å². The van der Waals surface area contributed by atoms with Crippen molar-refractivity contribution in [2.24, 2.45) is 5.41 Å². The summed E-state index contributed by atoms with van der Waals surface area (Å²) >= 11 is 0. The van der Waals surface area contributed by atoms with E-state index in [4.69, 9.17) is 4.74 Å². The fourth-order valence-corrected chi connectivity index (χ4v) is 5.58. The molecule has 0 unspecified atom stereocenters. The summed E-state index contributed by atoms with van der Waals surface area (Å²) in [7, 11) is 0. The van der Waals surface area contributed by atoms with Gasteiger partial charge in [-0.1, -0.05) is 70.0 Å². The SMILES string of the molecule is CCCCCOc1ccc([C@@H]2C3=C(CC(C)(C)CC3=O)Nc3ccccc3N2C(=O)c2ccccc2F)cc1. The number of nitrogens with zero attached hydrogens (tertiary/aromatic N) is 1. The molecule has 1 N–H and O–H groups in total. The zero-order valence-corrected chi connectivity index (χ0v) is 22.8. The molecular formula is C33H35FN2O3. The summed E-state index contributed by atoms with van der Waals surface area (Å²) in [5.41, 5.74) is 3.14. The van der Waals surface area contributed by atoms with Crippen LogP contribution in [0.3, 0.4) is 0 Å². The molecule has 0 fully saturated rings. The van der Waals surface area contributed by atoms with Crippen molar-refractivity contribution in [1.29, 1.82) is 0 Å². The Morgan fingerprint density at radius 3 is 2.46 bits per heavy atom. The Kier molecular flexibility index (Phi) is 7.56. The maximum Gasteiger partial charge on any atom is 0.262 e. The van der Waals surface area contributed by atoms with Gasteiger partial charge in [0.15, 0.2) is 5.78 Å². The molecule has 202 valence electrons. The third kappa shape index (κ3) is 5.47. The van der Waals surface area contributed by atoms with Crippen LogP contribution in [0.5, 0.6) is 5.75 Å². The summed E-state index contributed by atoms with van der Waals surface area (Å²) in [5.74, 6) is -0.382. The number of amides is 1. The van der Waals surface area contributed by atoms with E-state index in [-0.39, 0.29) is 16.8 Å². The Morgan fingerprint density at radius 1 is 1.00 bits per heavy atom. The van der Waals surface area contributed by atoms with Gasteiger partial charge < -0.3 is 10.1 Å². The van der Waals surface area contributed by atoms with Gasteiger partial charge in [0.05, 0.1) is 29.6 Å². The number of halogens is 1. The first-order chi connectivity index (χ1) is 18.8. The standard InChI is InChI=1S/C33H35FN2O3/c1-4-5-10-19-39-23-17-15-22(16-18-23)31-30-27(20-33(2,3)21-29(30)37)35-26-13-8-9-14-28(26)36(31)32(38)24-11-6-7-12-25(24)34/h6-9,11-18,31,35H,4-5,10,19-21H2,1-3H3/t31-/m1/s1. The van der Waals surface area contributed by atoms with Gasteiger partial charge in [-0.3, -0.25) is 14.5 Å². The van der Waals surface area contributed by atoms with E-state index >= 15 is 0 Å². The Bertz CT molecular complexity index is 1410. The van der Waals surface area contributed by atoms with Crippen LogP contribution in [0.15, 0.2) is 84.1 Å². The summed E-state index contributed by atoms with van der Waals surface area (Å²) in [6, 6.07) is 20.3. The van der Waals surface area contributed by atoms with Crippen LogP contribution in [0.25, 0.3) is 0 Å². The molecule has 5 rings (SSSR count). The van der Waals surface area contributed by atoms with Crippen molar-refractivity contribution >= 4 is 23.1 Å². The molecule has 1 aliphatic heterocycles. The smallest absolute Gasteiger partial charge is 0.262 e. The Morgan fingerprint density at radius 2 is 1.72 bits per heavy atom. The monoisotopic (exact) mass is 526 g/mol. The first kappa shape index (κ1) is 26.7. The third-order valence-corrected chi connectivity index (χ3v) is 7.44. The van der Waals surface area contributed by atoms with Gasteiger partial charge in [-0.2, -0.15) is 0 Å². The number of carbonyl (C=O) groups is 2. The molecular weight excluding hydrogens is 491 g/mol. The van der Waals surface area contributed by atoms with E-state index in [1.54, 1.807) is 17.0 Å². The highest BCUT2D eigenvalue weighted by Gasteiger charge is 2.43. The number of anilines is 2. The second-order valence-corrected chi connectivity index (χ2v) is 11.2. The van der Waals surface area contributed by atoms with E-state index in [0.29, 0.717) is 36.4 Å². The molecule has 0 aromatic heterocycles. The number of rotatable bonds is 7. The minimum atomic E-state index is -0.735. The predicted octanol–water partition coefficient (Wildman–Crippen LogP) is 7.85. The van der Waals surface area contributed by atoms with Gasteiger partial charge in [-0.05, 0) is 60.2 Å². The highest BCUT2D eigenvalue weighted by atomic mass is 19.1. The molecule has 1 amide bonds. The molecule has 1 atom stereocenters. The van der Waals surface area contributed by atoms with Gasteiger partial charge >= 0.3 is 0 Å². The largest absolute Gasteiger partial charge is 0.494 e. The van der Waals surface area contributed by atoms with Crippen LogP contribution in [-0.4, -0.2) is 18.3 Å². The van der Waals surface area contributed by atoms with E-state index in [0.717, 1.165) is 36.3 Å². The maximum atomic E-state index is 15.0. The van der Waals surface area contributed by atoms with Crippen LogP contribution in [0, 0.1) is 11.2 Å². The van der Waals surface area contributed by atoms with E-state index in [9.17, 15) is 14.0 Å². The molecule has 1 aliphatic carbocycles. The lowest BCUT2D eigenvalue weighted by Crippen LogP contribution is -2.39. The van der Waals surface area contributed by atoms with E-state index in [2.05, 4.69) is 26.1 Å². The van der Waals surface area contributed by atoms with Crippen LogP contribution in [0.2, 0.25) is 0 Å². The van der Waals surface area contributed by atoms with Gasteiger partial charge in [-0.25, -0.2) is 4.39 Å². The van der Waals surface area contributed by atoms with Crippen molar-refractivity contribution in [2.45, 2.75) is 58.9 Å². The second-order valence-electron chi connectivity index (χ2n) is 11.2. The average molecular weight is 527 g/mol. The van der Waals surface area contributed by atoms with Crippen LogP contribution >= 0.6 is 0 Å². The fraction of sp³-hybridized carbons (Fsp3) is 0.333. The maximum absolute atomic E-state index is 15.0. The molecule has 3 aromatic rings. The number of nitrogens with one attached hydrogen (secondary N) is 1. The first-order valence-corrected chi connectivity index (χ1v) is 13.7. The number of hydrogen-bond donors (Lipinski definition) is 1. The molecule has 1 heterocycles. The second kappa shape index (κ2) is 11.0. The molecule has 6 heteroatoms. The summed E-state index contributed by atoms with van der Waals surface area (Å²) in [6.45, 7) is 6.94. The Balaban J connectivity index is 1.66. The molecule has 0 spiro atoms. The van der Waals surface area contributed by atoms with Gasteiger partial charge in [-0.15, -0.1) is 0 Å². The predicted molar refractivity (Wildman–Crippen MR) is 153 cm³/mol. The summed E-state index contributed by atoms with van der Waals surface area (Å²) in [4.78, 5) is 29.6. The van der Waals surface area contributed by atoms with Gasteiger partial charge in [0.2, 0.25) is 0 Å². The zero-order valence-electron chi connectivity index (χ0n) is 22.8.